The van der Waals surface area contributed by atoms with E-state index < -0.39 is 30.4 Å². The summed E-state index contributed by atoms with van der Waals surface area (Å²) >= 11 is 0. The molecule has 0 aromatic heterocycles. The summed E-state index contributed by atoms with van der Waals surface area (Å²) in [4.78, 5) is -0.273. The SMILES string of the molecule is CS(=O)(=O)C1(CNS(=O)(=O)c2ccc(F)c(C#N)c2)CC1. The van der Waals surface area contributed by atoms with E-state index >= 15 is 0 Å². The highest BCUT2D eigenvalue weighted by Gasteiger charge is 2.52. The van der Waals surface area contributed by atoms with Gasteiger partial charge in [-0.2, -0.15) is 5.26 Å². The summed E-state index contributed by atoms with van der Waals surface area (Å²) in [6, 6.07) is 4.38. The zero-order valence-electron chi connectivity index (χ0n) is 11.1. The van der Waals surface area contributed by atoms with Gasteiger partial charge in [0.2, 0.25) is 10.0 Å². The third kappa shape index (κ3) is 3.07. The minimum Gasteiger partial charge on any atom is -0.228 e. The van der Waals surface area contributed by atoms with Crippen LogP contribution in [0.1, 0.15) is 18.4 Å². The van der Waals surface area contributed by atoms with Crippen LogP contribution in [0.3, 0.4) is 0 Å². The number of benzene rings is 1. The van der Waals surface area contributed by atoms with Gasteiger partial charge in [0.1, 0.15) is 11.9 Å². The molecule has 0 heterocycles. The lowest BCUT2D eigenvalue weighted by molar-refractivity contribution is 0.566. The maximum absolute atomic E-state index is 13.2. The van der Waals surface area contributed by atoms with Gasteiger partial charge in [-0.1, -0.05) is 0 Å². The maximum Gasteiger partial charge on any atom is 0.240 e. The number of sulfonamides is 1. The average molecular weight is 332 g/mol. The Hall–Kier alpha value is -1.50. The summed E-state index contributed by atoms with van der Waals surface area (Å²) in [5.41, 5.74) is -0.387. The van der Waals surface area contributed by atoms with Crippen molar-refractivity contribution < 1.29 is 21.2 Å². The molecule has 1 saturated carbocycles. The van der Waals surface area contributed by atoms with Gasteiger partial charge in [0.05, 0.1) is 15.2 Å². The molecule has 0 bridgehead atoms. The first-order valence-corrected chi connectivity index (χ1v) is 9.38. The van der Waals surface area contributed by atoms with Crippen LogP contribution in [0, 0.1) is 17.1 Å². The van der Waals surface area contributed by atoms with Gasteiger partial charge in [-0.3, -0.25) is 0 Å². The number of nitrogens with one attached hydrogen (secondary N) is 1. The number of hydrogen-bond acceptors (Lipinski definition) is 5. The summed E-state index contributed by atoms with van der Waals surface area (Å²) in [5, 5.41) is 8.70. The van der Waals surface area contributed by atoms with Crippen LogP contribution in [0.5, 0.6) is 0 Å². The minimum atomic E-state index is -4.00. The molecular formula is C12H13FN2O4S2. The van der Waals surface area contributed by atoms with E-state index in [1.165, 1.54) is 0 Å². The van der Waals surface area contributed by atoms with Crippen LogP contribution in [-0.4, -0.2) is 34.4 Å². The number of rotatable bonds is 5. The third-order valence-electron chi connectivity index (χ3n) is 3.55. The predicted molar refractivity (Wildman–Crippen MR) is 73.1 cm³/mol. The van der Waals surface area contributed by atoms with Crippen molar-refractivity contribution in [2.75, 3.05) is 12.8 Å². The Labute approximate surface area is 122 Å². The van der Waals surface area contributed by atoms with Crippen molar-refractivity contribution in [1.82, 2.24) is 4.72 Å². The number of sulfone groups is 1. The van der Waals surface area contributed by atoms with E-state index in [-0.39, 0.29) is 17.0 Å². The molecule has 114 valence electrons. The standard InChI is InChI=1S/C12H13FN2O4S2/c1-20(16,17)12(4-5-12)8-15-21(18,19)10-2-3-11(13)9(6-10)7-14/h2-3,6,15H,4-5,8H2,1H3. The van der Waals surface area contributed by atoms with Crippen LogP contribution in [0.25, 0.3) is 0 Å². The summed E-state index contributed by atoms with van der Waals surface area (Å²) in [5.74, 6) is -0.814. The molecule has 9 heteroatoms. The predicted octanol–water partition coefficient (Wildman–Crippen LogP) is 0.553. The van der Waals surface area contributed by atoms with Crippen LogP contribution in [0.4, 0.5) is 4.39 Å². The van der Waals surface area contributed by atoms with Crippen molar-refractivity contribution in [2.24, 2.45) is 0 Å². The summed E-state index contributed by atoms with van der Waals surface area (Å²) in [6.45, 7) is -0.229. The lowest BCUT2D eigenvalue weighted by atomic mass is 10.2. The zero-order valence-corrected chi connectivity index (χ0v) is 12.8. The van der Waals surface area contributed by atoms with E-state index in [9.17, 15) is 21.2 Å². The second-order valence-electron chi connectivity index (χ2n) is 5.03. The van der Waals surface area contributed by atoms with Crippen molar-refractivity contribution in [3.05, 3.63) is 29.6 Å². The second kappa shape index (κ2) is 5.05. The Morgan fingerprint density at radius 1 is 1.33 bits per heavy atom. The molecule has 21 heavy (non-hydrogen) atoms. The number of nitriles is 1. The van der Waals surface area contributed by atoms with Gasteiger partial charge in [0, 0.05) is 12.8 Å². The normalized spacial score (nSPS) is 17.2. The fraction of sp³-hybridized carbons (Fsp3) is 0.417. The quantitative estimate of drug-likeness (QED) is 0.848. The first kappa shape index (κ1) is 15.9. The van der Waals surface area contributed by atoms with Crippen molar-refractivity contribution in [1.29, 1.82) is 5.26 Å². The van der Waals surface area contributed by atoms with E-state index in [1.807, 2.05) is 0 Å². The van der Waals surface area contributed by atoms with Gasteiger partial charge < -0.3 is 0 Å². The Morgan fingerprint density at radius 2 is 1.95 bits per heavy atom. The smallest absolute Gasteiger partial charge is 0.228 e. The molecule has 0 saturated heterocycles. The first-order chi connectivity index (χ1) is 9.61. The van der Waals surface area contributed by atoms with Gasteiger partial charge in [-0.25, -0.2) is 25.9 Å². The molecule has 0 unspecified atom stereocenters. The molecule has 1 aliphatic rings. The molecule has 1 aromatic rings. The Kier molecular flexibility index (Phi) is 3.82. The maximum atomic E-state index is 13.2. The average Bonchev–Trinajstić information content (AvgIpc) is 3.17. The topological polar surface area (TPSA) is 104 Å². The number of hydrogen-bond donors (Lipinski definition) is 1. The van der Waals surface area contributed by atoms with Crippen LogP contribution >= 0.6 is 0 Å². The summed E-state index contributed by atoms with van der Waals surface area (Å²) in [7, 11) is -7.35. The van der Waals surface area contributed by atoms with Crippen LogP contribution in [0.15, 0.2) is 23.1 Å². The van der Waals surface area contributed by atoms with E-state index in [1.54, 1.807) is 6.07 Å². The van der Waals surface area contributed by atoms with Gasteiger partial charge in [-0.05, 0) is 31.0 Å². The van der Waals surface area contributed by atoms with Crippen molar-refractivity contribution in [3.63, 3.8) is 0 Å². The molecule has 1 aliphatic carbocycles. The van der Waals surface area contributed by atoms with Gasteiger partial charge in [0.25, 0.3) is 0 Å². The van der Waals surface area contributed by atoms with Crippen molar-refractivity contribution in [2.45, 2.75) is 22.5 Å². The highest BCUT2D eigenvalue weighted by atomic mass is 32.2. The van der Waals surface area contributed by atoms with E-state index in [2.05, 4.69) is 4.72 Å². The zero-order chi connectivity index (χ0) is 15.9. The number of nitrogens with zero attached hydrogens (tertiary/aromatic N) is 1. The Bertz CT molecular complexity index is 821. The van der Waals surface area contributed by atoms with Gasteiger partial charge in [-0.15, -0.1) is 0 Å². The molecule has 2 rings (SSSR count). The molecule has 1 fully saturated rings. The molecule has 0 radical (unpaired) electrons. The van der Waals surface area contributed by atoms with Crippen LogP contribution in [0.2, 0.25) is 0 Å². The van der Waals surface area contributed by atoms with E-state index in [4.69, 9.17) is 5.26 Å². The number of halogens is 1. The molecule has 6 nitrogen and oxygen atoms in total. The van der Waals surface area contributed by atoms with Crippen LogP contribution in [-0.2, 0) is 19.9 Å². The lowest BCUT2D eigenvalue weighted by Crippen LogP contribution is -2.38. The monoisotopic (exact) mass is 332 g/mol. The van der Waals surface area contributed by atoms with E-state index in [0.29, 0.717) is 12.8 Å². The summed E-state index contributed by atoms with van der Waals surface area (Å²) in [6.07, 6.45) is 1.88. The Balaban J connectivity index is 2.23. The fourth-order valence-electron chi connectivity index (χ4n) is 1.89. The second-order valence-corrected chi connectivity index (χ2v) is 9.21. The molecule has 1 aromatic carbocycles. The fourth-order valence-corrected chi connectivity index (χ4v) is 4.31. The first-order valence-electron chi connectivity index (χ1n) is 6.00. The molecule has 0 spiro atoms. The molecule has 0 atom stereocenters. The van der Waals surface area contributed by atoms with Crippen LogP contribution < -0.4 is 4.72 Å². The lowest BCUT2D eigenvalue weighted by Gasteiger charge is -2.14. The highest BCUT2D eigenvalue weighted by Crippen LogP contribution is 2.42. The van der Waals surface area contributed by atoms with E-state index in [0.717, 1.165) is 24.5 Å². The Morgan fingerprint density at radius 3 is 2.43 bits per heavy atom. The van der Waals surface area contributed by atoms with Crippen molar-refractivity contribution in [3.8, 4) is 6.07 Å². The summed E-state index contributed by atoms with van der Waals surface area (Å²) < 4.78 is 61.7. The molecule has 1 N–H and O–H groups in total. The molecule has 0 amide bonds. The highest BCUT2D eigenvalue weighted by molar-refractivity contribution is 7.92. The molecular weight excluding hydrogens is 319 g/mol. The van der Waals surface area contributed by atoms with Crippen molar-refractivity contribution >= 4 is 19.9 Å². The molecule has 0 aliphatic heterocycles. The van der Waals surface area contributed by atoms with Gasteiger partial charge >= 0.3 is 0 Å². The largest absolute Gasteiger partial charge is 0.240 e. The van der Waals surface area contributed by atoms with Gasteiger partial charge in [0.15, 0.2) is 9.84 Å². The third-order valence-corrected chi connectivity index (χ3v) is 7.07. The minimum absolute atomic E-state index is 0.229.